The standard InChI is InChI=1S/C32H40N4/c1-7-23-11-13-27(24(8-2)17-23)20-33-31-21-35-36-30-18-25(14-15-28(30)31)29-16-22(4)10-12-26(29)19-32(5,6)34-9-3/h10-18,21,34H,7-9,19-20H2,1-6H3,(H,33,36). The number of nitrogens with one attached hydrogen (secondary N) is 2. The molecule has 3 aromatic carbocycles. The largest absolute Gasteiger partial charge is 0.379 e. The van der Waals surface area contributed by atoms with Gasteiger partial charge in [-0.25, -0.2) is 0 Å². The maximum absolute atomic E-state index is 4.49. The van der Waals surface area contributed by atoms with Crippen molar-refractivity contribution in [3.8, 4) is 11.1 Å². The summed E-state index contributed by atoms with van der Waals surface area (Å²) in [7, 11) is 0. The van der Waals surface area contributed by atoms with Crippen LogP contribution >= 0.6 is 0 Å². The smallest absolute Gasteiger partial charge is 0.0956 e. The molecule has 0 amide bonds. The molecule has 0 saturated heterocycles. The molecule has 0 aliphatic rings. The van der Waals surface area contributed by atoms with Crippen molar-refractivity contribution in [1.29, 1.82) is 0 Å². The van der Waals surface area contributed by atoms with E-state index in [1.54, 1.807) is 0 Å². The van der Waals surface area contributed by atoms with E-state index in [0.29, 0.717) is 0 Å². The van der Waals surface area contributed by atoms with Crippen molar-refractivity contribution < 1.29 is 0 Å². The van der Waals surface area contributed by atoms with Gasteiger partial charge < -0.3 is 10.6 Å². The second kappa shape index (κ2) is 11.2. The van der Waals surface area contributed by atoms with E-state index < -0.39 is 0 Å². The minimum absolute atomic E-state index is 0.0270. The Morgan fingerprint density at radius 2 is 1.64 bits per heavy atom. The van der Waals surface area contributed by atoms with Crippen LogP contribution in [-0.2, 0) is 25.8 Å². The summed E-state index contributed by atoms with van der Waals surface area (Å²) in [6.07, 6.45) is 4.90. The number of hydrogen-bond acceptors (Lipinski definition) is 4. The maximum atomic E-state index is 4.49. The summed E-state index contributed by atoms with van der Waals surface area (Å²) in [5, 5.41) is 17.2. The minimum Gasteiger partial charge on any atom is -0.379 e. The van der Waals surface area contributed by atoms with Crippen molar-refractivity contribution in [1.82, 2.24) is 15.5 Å². The van der Waals surface area contributed by atoms with Crippen molar-refractivity contribution >= 4 is 16.6 Å². The van der Waals surface area contributed by atoms with Crippen molar-refractivity contribution in [2.75, 3.05) is 11.9 Å². The number of aromatic nitrogens is 2. The van der Waals surface area contributed by atoms with Gasteiger partial charge in [0.2, 0.25) is 0 Å². The number of rotatable bonds is 10. The molecule has 4 nitrogen and oxygen atoms in total. The molecule has 0 atom stereocenters. The van der Waals surface area contributed by atoms with Crippen LogP contribution in [-0.4, -0.2) is 22.3 Å². The molecule has 4 rings (SSSR count). The molecule has 0 bridgehead atoms. The van der Waals surface area contributed by atoms with Crippen molar-refractivity contribution in [3.05, 3.63) is 88.6 Å². The highest BCUT2D eigenvalue weighted by atomic mass is 15.1. The summed E-state index contributed by atoms with van der Waals surface area (Å²) < 4.78 is 0. The fourth-order valence-electron chi connectivity index (χ4n) is 5.09. The van der Waals surface area contributed by atoms with E-state index in [1.165, 1.54) is 38.9 Å². The predicted octanol–water partition coefficient (Wildman–Crippen LogP) is 7.27. The fourth-order valence-corrected chi connectivity index (χ4v) is 5.09. The van der Waals surface area contributed by atoms with E-state index in [4.69, 9.17) is 0 Å². The van der Waals surface area contributed by atoms with Gasteiger partial charge in [0.1, 0.15) is 0 Å². The molecular weight excluding hydrogens is 440 g/mol. The highest BCUT2D eigenvalue weighted by Gasteiger charge is 2.19. The Balaban J connectivity index is 1.64. The van der Waals surface area contributed by atoms with Crippen LogP contribution in [0.5, 0.6) is 0 Å². The van der Waals surface area contributed by atoms with Gasteiger partial charge in [0.15, 0.2) is 0 Å². The average Bonchev–Trinajstić information content (AvgIpc) is 2.87. The molecular formula is C32H40N4. The van der Waals surface area contributed by atoms with Crippen LogP contribution in [0, 0.1) is 6.92 Å². The van der Waals surface area contributed by atoms with Crippen LogP contribution < -0.4 is 10.6 Å². The van der Waals surface area contributed by atoms with Crippen LogP contribution in [0.4, 0.5) is 5.69 Å². The van der Waals surface area contributed by atoms with Gasteiger partial charge in [-0.2, -0.15) is 10.2 Å². The third-order valence-corrected chi connectivity index (χ3v) is 7.03. The first-order valence-electron chi connectivity index (χ1n) is 13.3. The van der Waals surface area contributed by atoms with Crippen LogP contribution in [0.1, 0.15) is 62.4 Å². The molecule has 4 aromatic rings. The number of nitrogens with zero attached hydrogens (tertiary/aromatic N) is 2. The number of hydrogen-bond donors (Lipinski definition) is 2. The van der Waals surface area contributed by atoms with Gasteiger partial charge in [-0.05, 0) is 92.1 Å². The molecule has 4 heteroatoms. The molecule has 0 radical (unpaired) electrons. The first kappa shape index (κ1) is 25.8. The van der Waals surface area contributed by atoms with Crippen molar-refractivity contribution in [3.63, 3.8) is 0 Å². The van der Waals surface area contributed by atoms with E-state index in [2.05, 4.69) is 117 Å². The molecule has 0 unspecified atom stereocenters. The Bertz CT molecular complexity index is 1340. The zero-order valence-electron chi connectivity index (χ0n) is 22.7. The summed E-state index contributed by atoms with van der Waals surface area (Å²) in [5.74, 6) is 0. The SMILES string of the molecule is CCNC(C)(C)Cc1ccc(C)cc1-c1ccc2c(NCc3ccc(CC)cc3CC)cnnc2c1. The molecule has 36 heavy (non-hydrogen) atoms. The lowest BCUT2D eigenvalue weighted by atomic mass is 9.88. The maximum Gasteiger partial charge on any atom is 0.0956 e. The predicted molar refractivity (Wildman–Crippen MR) is 154 cm³/mol. The zero-order valence-corrected chi connectivity index (χ0v) is 22.7. The fraction of sp³-hybridized carbons (Fsp3) is 0.375. The lowest BCUT2D eigenvalue weighted by molar-refractivity contribution is 0.397. The summed E-state index contributed by atoms with van der Waals surface area (Å²) in [6, 6.07) is 20.2. The summed E-state index contributed by atoms with van der Waals surface area (Å²) in [4.78, 5) is 0. The van der Waals surface area contributed by atoms with Crippen LogP contribution in [0.25, 0.3) is 22.0 Å². The number of likely N-dealkylation sites (N-methyl/N-ethyl adjacent to an activating group) is 1. The summed E-state index contributed by atoms with van der Waals surface area (Å²) in [6.45, 7) is 15.0. The van der Waals surface area contributed by atoms with Crippen LogP contribution in [0.15, 0.2) is 60.8 Å². The molecule has 188 valence electrons. The van der Waals surface area contributed by atoms with Gasteiger partial charge in [-0.3, -0.25) is 0 Å². The Labute approximate surface area is 216 Å². The van der Waals surface area contributed by atoms with Crippen LogP contribution in [0.3, 0.4) is 0 Å². The molecule has 0 aliphatic carbocycles. The molecule has 2 N–H and O–H groups in total. The topological polar surface area (TPSA) is 49.8 Å². The third-order valence-electron chi connectivity index (χ3n) is 7.03. The van der Waals surface area contributed by atoms with Crippen molar-refractivity contribution in [2.45, 2.75) is 72.9 Å². The highest BCUT2D eigenvalue weighted by molar-refractivity contribution is 5.93. The van der Waals surface area contributed by atoms with E-state index in [1.807, 2.05) is 6.20 Å². The summed E-state index contributed by atoms with van der Waals surface area (Å²) in [5.41, 5.74) is 11.1. The van der Waals surface area contributed by atoms with Gasteiger partial charge in [0.05, 0.1) is 17.4 Å². The average molecular weight is 481 g/mol. The molecule has 1 heterocycles. The van der Waals surface area contributed by atoms with E-state index in [9.17, 15) is 0 Å². The minimum atomic E-state index is 0.0270. The normalized spacial score (nSPS) is 11.7. The number of aryl methyl sites for hydroxylation is 3. The third kappa shape index (κ3) is 5.93. The second-order valence-electron chi connectivity index (χ2n) is 10.4. The zero-order chi connectivity index (χ0) is 25.7. The quantitative estimate of drug-likeness (QED) is 0.250. The van der Waals surface area contributed by atoms with Gasteiger partial charge in [-0.15, -0.1) is 0 Å². The second-order valence-corrected chi connectivity index (χ2v) is 10.4. The van der Waals surface area contributed by atoms with E-state index >= 15 is 0 Å². The Morgan fingerprint density at radius 1 is 0.833 bits per heavy atom. The lowest BCUT2D eigenvalue weighted by Gasteiger charge is -2.27. The summed E-state index contributed by atoms with van der Waals surface area (Å²) >= 11 is 0. The Kier molecular flexibility index (Phi) is 8.05. The molecule has 1 aromatic heterocycles. The molecule has 0 saturated carbocycles. The number of fused-ring (bicyclic) bond motifs is 1. The Hall–Kier alpha value is -3.24. The first-order chi connectivity index (χ1) is 17.3. The monoisotopic (exact) mass is 480 g/mol. The number of benzene rings is 3. The molecule has 0 spiro atoms. The van der Waals surface area contributed by atoms with Gasteiger partial charge in [0.25, 0.3) is 0 Å². The Morgan fingerprint density at radius 3 is 2.39 bits per heavy atom. The first-order valence-corrected chi connectivity index (χ1v) is 13.3. The van der Waals surface area contributed by atoms with Gasteiger partial charge >= 0.3 is 0 Å². The van der Waals surface area contributed by atoms with E-state index in [-0.39, 0.29) is 5.54 Å². The van der Waals surface area contributed by atoms with Gasteiger partial charge in [0, 0.05) is 17.5 Å². The van der Waals surface area contributed by atoms with Crippen LogP contribution in [0.2, 0.25) is 0 Å². The van der Waals surface area contributed by atoms with E-state index in [0.717, 1.165) is 48.9 Å². The lowest BCUT2D eigenvalue weighted by Crippen LogP contribution is -2.41. The number of anilines is 1. The van der Waals surface area contributed by atoms with Gasteiger partial charge in [-0.1, -0.05) is 68.8 Å². The molecule has 0 fully saturated rings. The molecule has 0 aliphatic heterocycles. The van der Waals surface area contributed by atoms with Crippen molar-refractivity contribution in [2.24, 2.45) is 0 Å². The highest BCUT2D eigenvalue weighted by Crippen LogP contribution is 2.32.